The summed E-state index contributed by atoms with van der Waals surface area (Å²) in [6, 6.07) is 13.1. The van der Waals surface area contributed by atoms with E-state index < -0.39 is 6.04 Å². The molecule has 1 aromatic heterocycles. The first-order valence-electron chi connectivity index (χ1n) is 10.1. The van der Waals surface area contributed by atoms with Crippen molar-refractivity contribution < 1.29 is 8.78 Å². The van der Waals surface area contributed by atoms with Crippen molar-refractivity contribution in [3.63, 3.8) is 0 Å². The molecule has 0 amide bonds. The van der Waals surface area contributed by atoms with Crippen LogP contribution in [0.5, 0.6) is 0 Å². The predicted molar refractivity (Wildman–Crippen MR) is 111 cm³/mol. The van der Waals surface area contributed by atoms with Gasteiger partial charge in [-0.1, -0.05) is 30.3 Å². The molecule has 1 atom stereocenters. The number of nitrogens with zero attached hydrogens (tertiary/aromatic N) is 6. The van der Waals surface area contributed by atoms with Crippen molar-refractivity contribution >= 4 is 5.69 Å². The lowest BCUT2D eigenvalue weighted by molar-refractivity contribution is 0.188. The summed E-state index contributed by atoms with van der Waals surface area (Å²) in [6.07, 6.45) is 0. The van der Waals surface area contributed by atoms with Gasteiger partial charge in [0.05, 0.1) is 11.2 Å². The van der Waals surface area contributed by atoms with E-state index in [4.69, 9.17) is 0 Å². The summed E-state index contributed by atoms with van der Waals surface area (Å²) in [5.74, 6) is 0.0858. The van der Waals surface area contributed by atoms with Gasteiger partial charge in [-0.3, -0.25) is 4.90 Å². The standard InChI is InChI=1S/C22H26F2N6/c1-22(2,3)30-21(25-26-27-30)20(16-8-4-5-9-17(16)23)29-14-12-28(13-15-29)19-11-7-6-10-18(19)24/h4-11,20H,12-15H2,1-3H3/t20-/m0/s1. The maximum absolute atomic E-state index is 14.8. The molecule has 8 heteroatoms. The second-order valence-corrected chi connectivity index (χ2v) is 8.52. The van der Waals surface area contributed by atoms with E-state index in [-0.39, 0.29) is 17.2 Å². The molecular weight excluding hydrogens is 386 g/mol. The summed E-state index contributed by atoms with van der Waals surface area (Å²) in [7, 11) is 0. The van der Waals surface area contributed by atoms with Crippen molar-refractivity contribution in [2.75, 3.05) is 31.1 Å². The van der Waals surface area contributed by atoms with Gasteiger partial charge in [-0.2, -0.15) is 0 Å². The van der Waals surface area contributed by atoms with Crippen LogP contribution in [0.3, 0.4) is 0 Å². The Labute approximate surface area is 175 Å². The minimum atomic E-state index is -0.428. The number of tetrazole rings is 1. The molecule has 1 aliphatic heterocycles. The fourth-order valence-corrected chi connectivity index (χ4v) is 3.97. The lowest BCUT2D eigenvalue weighted by Gasteiger charge is -2.40. The van der Waals surface area contributed by atoms with Gasteiger partial charge < -0.3 is 4.90 Å². The topological polar surface area (TPSA) is 50.1 Å². The van der Waals surface area contributed by atoms with Gasteiger partial charge in [-0.25, -0.2) is 13.5 Å². The van der Waals surface area contributed by atoms with Crippen LogP contribution in [0.15, 0.2) is 48.5 Å². The Balaban J connectivity index is 1.66. The number of para-hydroxylation sites is 1. The van der Waals surface area contributed by atoms with Crippen LogP contribution in [0.1, 0.15) is 38.2 Å². The number of aromatic nitrogens is 4. The van der Waals surface area contributed by atoms with Crippen LogP contribution in [0.2, 0.25) is 0 Å². The molecule has 6 nitrogen and oxygen atoms in total. The van der Waals surface area contributed by atoms with Gasteiger partial charge >= 0.3 is 0 Å². The molecule has 1 aliphatic rings. The molecule has 0 aliphatic carbocycles. The van der Waals surface area contributed by atoms with Crippen molar-refractivity contribution in [2.45, 2.75) is 32.4 Å². The number of hydrogen-bond donors (Lipinski definition) is 0. The number of hydrogen-bond acceptors (Lipinski definition) is 5. The molecule has 0 unspecified atom stereocenters. The van der Waals surface area contributed by atoms with Gasteiger partial charge in [0.15, 0.2) is 5.82 Å². The fourth-order valence-electron chi connectivity index (χ4n) is 3.97. The average Bonchev–Trinajstić information content (AvgIpc) is 3.21. The van der Waals surface area contributed by atoms with E-state index >= 15 is 0 Å². The van der Waals surface area contributed by atoms with Crippen LogP contribution in [0, 0.1) is 11.6 Å². The fraction of sp³-hybridized carbons (Fsp3) is 0.409. The van der Waals surface area contributed by atoms with E-state index in [1.54, 1.807) is 28.9 Å². The largest absolute Gasteiger partial charge is 0.367 e. The monoisotopic (exact) mass is 412 g/mol. The Morgan fingerprint density at radius 2 is 1.50 bits per heavy atom. The molecule has 158 valence electrons. The van der Waals surface area contributed by atoms with Crippen molar-refractivity contribution in [3.05, 3.63) is 71.6 Å². The van der Waals surface area contributed by atoms with E-state index in [0.717, 1.165) is 0 Å². The van der Waals surface area contributed by atoms with Gasteiger partial charge in [0.25, 0.3) is 0 Å². The highest BCUT2D eigenvalue weighted by Gasteiger charge is 2.34. The minimum absolute atomic E-state index is 0.228. The van der Waals surface area contributed by atoms with Gasteiger partial charge in [0.2, 0.25) is 0 Å². The van der Waals surface area contributed by atoms with Crippen LogP contribution >= 0.6 is 0 Å². The van der Waals surface area contributed by atoms with Gasteiger partial charge in [-0.15, -0.1) is 5.10 Å². The lowest BCUT2D eigenvalue weighted by atomic mass is 10.0. The number of anilines is 1. The van der Waals surface area contributed by atoms with Crippen molar-refractivity contribution in [1.29, 1.82) is 0 Å². The predicted octanol–water partition coefficient (Wildman–Crippen LogP) is 3.62. The van der Waals surface area contributed by atoms with E-state index in [1.165, 1.54) is 12.1 Å². The number of piperazine rings is 1. The summed E-state index contributed by atoms with van der Waals surface area (Å²) >= 11 is 0. The van der Waals surface area contributed by atoms with E-state index in [9.17, 15) is 8.78 Å². The Hall–Kier alpha value is -2.87. The molecule has 0 radical (unpaired) electrons. The third-order valence-electron chi connectivity index (χ3n) is 5.45. The summed E-state index contributed by atoms with van der Waals surface area (Å²) < 4.78 is 30.8. The smallest absolute Gasteiger partial charge is 0.173 e. The molecule has 1 saturated heterocycles. The highest BCUT2D eigenvalue weighted by Crippen LogP contribution is 2.32. The normalized spacial score (nSPS) is 16.6. The Kier molecular flexibility index (Phi) is 5.51. The Bertz CT molecular complexity index is 1000. The van der Waals surface area contributed by atoms with Crippen LogP contribution in [0.25, 0.3) is 0 Å². The lowest BCUT2D eigenvalue weighted by Crippen LogP contribution is -2.49. The first-order valence-corrected chi connectivity index (χ1v) is 10.1. The van der Waals surface area contributed by atoms with E-state index in [2.05, 4.69) is 20.4 Å². The van der Waals surface area contributed by atoms with Crippen molar-refractivity contribution in [1.82, 2.24) is 25.1 Å². The molecular formula is C22H26F2N6. The van der Waals surface area contributed by atoms with Crippen LogP contribution in [-0.2, 0) is 5.54 Å². The van der Waals surface area contributed by atoms with E-state index in [1.807, 2.05) is 37.8 Å². The second-order valence-electron chi connectivity index (χ2n) is 8.52. The highest BCUT2D eigenvalue weighted by molar-refractivity contribution is 5.48. The van der Waals surface area contributed by atoms with Gasteiger partial charge in [0, 0.05) is 31.7 Å². The first kappa shape index (κ1) is 20.4. The zero-order chi connectivity index (χ0) is 21.3. The molecule has 0 N–H and O–H groups in total. The molecule has 0 saturated carbocycles. The third kappa shape index (κ3) is 3.92. The number of benzene rings is 2. The Morgan fingerprint density at radius 3 is 2.13 bits per heavy atom. The molecule has 0 spiro atoms. The van der Waals surface area contributed by atoms with Crippen molar-refractivity contribution in [2.24, 2.45) is 0 Å². The number of rotatable bonds is 4. The van der Waals surface area contributed by atoms with Crippen LogP contribution in [0.4, 0.5) is 14.5 Å². The molecule has 3 aromatic rings. The first-order chi connectivity index (χ1) is 14.4. The molecule has 4 rings (SSSR count). The van der Waals surface area contributed by atoms with Crippen LogP contribution in [-0.4, -0.2) is 51.3 Å². The molecule has 2 heterocycles. The quantitative estimate of drug-likeness (QED) is 0.655. The van der Waals surface area contributed by atoms with Crippen molar-refractivity contribution in [3.8, 4) is 0 Å². The maximum atomic E-state index is 14.8. The summed E-state index contributed by atoms with van der Waals surface area (Å²) in [6.45, 7) is 8.56. The summed E-state index contributed by atoms with van der Waals surface area (Å²) in [5.41, 5.74) is 0.786. The zero-order valence-electron chi connectivity index (χ0n) is 17.5. The molecule has 0 bridgehead atoms. The summed E-state index contributed by atoms with van der Waals surface area (Å²) in [5, 5.41) is 12.4. The third-order valence-corrected chi connectivity index (χ3v) is 5.45. The van der Waals surface area contributed by atoms with Gasteiger partial charge in [-0.05, 0) is 49.4 Å². The average molecular weight is 412 g/mol. The molecule has 1 fully saturated rings. The SMILES string of the molecule is CC(C)(C)n1nnnc1[C@H](c1ccccc1F)N1CCN(c2ccccc2F)CC1. The molecule has 2 aromatic carbocycles. The minimum Gasteiger partial charge on any atom is -0.367 e. The maximum Gasteiger partial charge on any atom is 0.173 e. The van der Waals surface area contributed by atoms with E-state index in [0.29, 0.717) is 43.3 Å². The molecule has 30 heavy (non-hydrogen) atoms. The summed E-state index contributed by atoms with van der Waals surface area (Å²) in [4.78, 5) is 4.20. The Morgan fingerprint density at radius 1 is 0.867 bits per heavy atom. The van der Waals surface area contributed by atoms with Gasteiger partial charge in [0.1, 0.15) is 17.7 Å². The second kappa shape index (κ2) is 8.10. The van der Waals surface area contributed by atoms with Crippen LogP contribution < -0.4 is 4.90 Å². The number of halogens is 2. The highest BCUT2D eigenvalue weighted by atomic mass is 19.1. The zero-order valence-corrected chi connectivity index (χ0v) is 17.5.